The van der Waals surface area contributed by atoms with E-state index in [0.717, 1.165) is 23.7 Å². The Morgan fingerprint density at radius 2 is 1.74 bits per heavy atom. The number of thiocarbonyl (C=S) groups is 1. The lowest BCUT2D eigenvalue weighted by atomic mass is 9.87. The van der Waals surface area contributed by atoms with E-state index < -0.39 is 0 Å². The fourth-order valence-electron chi connectivity index (χ4n) is 3.35. The first-order valence-electron chi connectivity index (χ1n) is 11.2. The number of anilines is 2. The summed E-state index contributed by atoms with van der Waals surface area (Å²) in [4.78, 5) is 4.01. The number of benzene rings is 2. The summed E-state index contributed by atoms with van der Waals surface area (Å²) in [5.41, 5.74) is 3.30. The van der Waals surface area contributed by atoms with Crippen LogP contribution < -0.4 is 19.3 Å². The third-order valence-corrected chi connectivity index (χ3v) is 6.61. The Labute approximate surface area is 212 Å². The molecule has 3 aromatic rings. The number of hydrogen-bond acceptors (Lipinski definition) is 6. The largest absolute Gasteiger partial charge is 0.491 e. The molecule has 1 unspecified atom stereocenters. The van der Waals surface area contributed by atoms with Crippen molar-refractivity contribution in [1.29, 1.82) is 0 Å². The van der Waals surface area contributed by atoms with Crippen LogP contribution in [0.1, 0.15) is 26.3 Å². The predicted octanol–water partition coefficient (Wildman–Crippen LogP) is 6.38. The molecule has 0 spiro atoms. The molecular formula is C27H34N2O3S2. The zero-order valence-electron chi connectivity index (χ0n) is 20.8. The first-order valence-corrected chi connectivity index (χ1v) is 12.6. The van der Waals surface area contributed by atoms with E-state index in [1.54, 1.807) is 18.4 Å². The lowest BCUT2D eigenvalue weighted by Crippen LogP contribution is -2.34. The van der Waals surface area contributed by atoms with Gasteiger partial charge in [-0.3, -0.25) is 0 Å². The van der Waals surface area contributed by atoms with Crippen LogP contribution in [-0.2, 0) is 10.2 Å². The van der Waals surface area contributed by atoms with Crippen molar-refractivity contribution in [3.63, 3.8) is 0 Å². The van der Waals surface area contributed by atoms with E-state index in [4.69, 9.17) is 26.4 Å². The van der Waals surface area contributed by atoms with E-state index in [0.29, 0.717) is 11.8 Å². The molecule has 0 amide bonds. The van der Waals surface area contributed by atoms with Crippen molar-refractivity contribution in [1.82, 2.24) is 0 Å². The molecule has 34 heavy (non-hydrogen) atoms. The van der Waals surface area contributed by atoms with E-state index >= 15 is 0 Å². The molecule has 182 valence electrons. The maximum Gasteiger partial charge on any atom is 0.269 e. The zero-order valence-corrected chi connectivity index (χ0v) is 22.4. The Bertz CT molecular complexity index is 1060. The van der Waals surface area contributed by atoms with Gasteiger partial charge in [0.1, 0.15) is 24.2 Å². The van der Waals surface area contributed by atoms with Crippen molar-refractivity contribution in [2.45, 2.75) is 32.3 Å². The fourth-order valence-corrected chi connectivity index (χ4v) is 4.25. The summed E-state index contributed by atoms with van der Waals surface area (Å²) in [5, 5.41) is 4.56. The van der Waals surface area contributed by atoms with Crippen LogP contribution in [0.25, 0.3) is 0 Å². The highest BCUT2D eigenvalue weighted by atomic mass is 32.1. The second-order valence-corrected chi connectivity index (χ2v) is 10.4. The van der Waals surface area contributed by atoms with E-state index in [2.05, 4.69) is 55.6 Å². The maximum absolute atomic E-state index is 6.06. The molecule has 3 rings (SSSR count). The smallest absolute Gasteiger partial charge is 0.269 e. The van der Waals surface area contributed by atoms with E-state index in [9.17, 15) is 0 Å². The summed E-state index contributed by atoms with van der Waals surface area (Å²) in [6.45, 7) is 7.71. The third kappa shape index (κ3) is 7.19. The lowest BCUT2D eigenvalue weighted by Gasteiger charge is -2.25. The van der Waals surface area contributed by atoms with E-state index in [1.807, 2.05) is 54.4 Å². The number of nitrogens with zero attached hydrogens (tertiary/aromatic N) is 2. The van der Waals surface area contributed by atoms with Gasteiger partial charge in [0.05, 0.1) is 0 Å². The average Bonchev–Trinajstić information content (AvgIpc) is 3.36. The van der Waals surface area contributed by atoms with Crippen LogP contribution in [0.15, 0.2) is 65.4 Å². The minimum atomic E-state index is -0.0641. The summed E-state index contributed by atoms with van der Waals surface area (Å²) in [5.74, 6) is 1.48. The summed E-state index contributed by atoms with van der Waals surface area (Å²) in [6.07, 6.45) is -0.0641. The van der Waals surface area contributed by atoms with Gasteiger partial charge in [-0.1, -0.05) is 39.0 Å². The van der Waals surface area contributed by atoms with Crippen LogP contribution in [0.3, 0.4) is 0 Å². The van der Waals surface area contributed by atoms with Gasteiger partial charge in [0.15, 0.2) is 0 Å². The number of hydrogen-bond donors (Lipinski definition) is 0. The van der Waals surface area contributed by atoms with E-state index in [-0.39, 0.29) is 11.5 Å². The Morgan fingerprint density at radius 1 is 1.00 bits per heavy atom. The van der Waals surface area contributed by atoms with Gasteiger partial charge in [-0.2, -0.15) is 11.3 Å². The first-order chi connectivity index (χ1) is 16.2. The van der Waals surface area contributed by atoms with Gasteiger partial charge in [-0.25, -0.2) is 0 Å². The molecule has 0 radical (unpaired) electrons. The highest BCUT2D eigenvalue weighted by Crippen LogP contribution is 2.27. The van der Waals surface area contributed by atoms with Crippen LogP contribution in [0.4, 0.5) is 11.4 Å². The van der Waals surface area contributed by atoms with Crippen molar-refractivity contribution in [3.8, 4) is 11.5 Å². The van der Waals surface area contributed by atoms with Crippen molar-refractivity contribution in [2.75, 3.05) is 44.2 Å². The van der Waals surface area contributed by atoms with Crippen LogP contribution in [0, 0.1) is 0 Å². The molecule has 7 heteroatoms. The molecule has 0 bridgehead atoms. The molecule has 0 aliphatic rings. The molecule has 0 saturated carbocycles. The molecule has 2 aromatic carbocycles. The van der Waals surface area contributed by atoms with Gasteiger partial charge in [0.25, 0.3) is 5.17 Å². The first kappa shape index (κ1) is 26.0. The monoisotopic (exact) mass is 498 g/mol. The molecule has 1 atom stereocenters. The normalized spacial score (nSPS) is 12.2. The molecule has 0 N–H and O–H groups in total. The van der Waals surface area contributed by atoms with Crippen LogP contribution >= 0.6 is 23.6 Å². The standard InChI is InChI=1S/C27H34N2O3S2/c1-27(2,3)20-9-7-12-24(15-20)32-26(33)29(5)21-10-8-11-23(16-21)31-18-25(30-6)17-28(4)22-13-14-34-19-22/h7-16,19,25H,17-18H2,1-6H3. The average molecular weight is 499 g/mol. The SMILES string of the molecule is COC(COc1cccc(N(C)C(=S)Oc2cccc(C(C)(C)C)c2)c1)CN(C)c1ccsc1. The molecular weight excluding hydrogens is 464 g/mol. The van der Waals surface area contributed by atoms with Gasteiger partial charge in [-0.15, -0.1) is 0 Å². The minimum Gasteiger partial charge on any atom is -0.491 e. The summed E-state index contributed by atoms with van der Waals surface area (Å²) < 4.78 is 17.7. The number of methoxy groups -OCH3 is 1. The Hall–Kier alpha value is -2.61. The van der Waals surface area contributed by atoms with Crippen LogP contribution in [0.5, 0.6) is 11.5 Å². The number of thiophene rings is 1. The topological polar surface area (TPSA) is 34.2 Å². The molecule has 1 aromatic heterocycles. The quantitative estimate of drug-likeness (QED) is 0.319. The molecule has 0 fully saturated rings. The summed E-state index contributed by atoms with van der Waals surface area (Å²) in [7, 11) is 5.66. The molecule has 5 nitrogen and oxygen atoms in total. The van der Waals surface area contributed by atoms with Gasteiger partial charge in [0, 0.05) is 50.6 Å². The molecule has 0 aliphatic heterocycles. The van der Waals surface area contributed by atoms with Crippen molar-refractivity contribution < 1.29 is 14.2 Å². The molecule has 1 heterocycles. The second kappa shape index (κ2) is 11.7. The number of rotatable bonds is 9. The van der Waals surface area contributed by atoms with Gasteiger partial charge < -0.3 is 24.0 Å². The highest BCUT2D eigenvalue weighted by molar-refractivity contribution is 7.80. The second-order valence-electron chi connectivity index (χ2n) is 9.23. The Kier molecular flexibility index (Phi) is 8.94. The van der Waals surface area contributed by atoms with Gasteiger partial charge in [0.2, 0.25) is 0 Å². The summed E-state index contributed by atoms with van der Waals surface area (Å²) in [6, 6.07) is 18.0. The molecule has 0 saturated heterocycles. The third-order valence-electron chi connectivity index (χ3n) is 5.58. The Morgan fingerprint density at radius 3 is 2.41 bits per heavy atom. The molecule has 0 aliphatic carbocycles. The van der Waals surface area contributed by atoms with Crippen molar-refractivity contribution >= 4 is 40.1 Å². The highest BCUT2D eigenvalue weighted by Gasteiger charge is 2.17. The van der Waals surface area contributed by atoms with Crippen molar-refractivity contribution in [2.24, 2.45) is 0 Å². The maximum atomic E-state index is 6.06. The lowest BCUT2D eigenvalue weighted by molar-refractivity contribution is 0.0636. The van der Waals surface area contributed by atoms with Crippen molar-refractivity contribution in [3.05, 3.63) is 70.9 Å². The Balaban J connectivity index is 1.60. The van der Waals surface area contributed by atoms with Gasteiger partial charge in [-0.05, 0) is 58.9 Å². The van der Waals surface area contributed by atoms with Gasteiger partial charge >= 0.3 is 0 Å². The van der Waals surface area contributed by atoms with Crippen LogP contribution in [-0.4, -0.2) is 45.6 Å². The van der Waals surface area contributed by atoms with Crippen LogP contribution in [0.2, 0.25) is 0 Å². The predicted molar refractivity (Wildman–Crippen MR) is 147 cm³/mol. The number of ether oxygens (including phenoxy) is 3. The number of likely N-dealkylation sites (N-methyl/N-ethyl adjacent to an activating group) is 1. The van der Waals surface area contributed by atoms with E-state index in [1.165, 1.54) is 11.3 Å². The fraction of sp³-hybridized carbons (Fsp3) is 0.370. The minimum absolute atomic E-state index is 0.0388. The zero-order chi connectivity index (χ0) is 24.7. The summed E-state index contributed by atoms with van der Waals surface area (Å²) >= 11 is 7.25.